The van der Waals surface area contributed by atoms with E-state index in [-0.39, 0.29) is 23.3 Å². The van der Waals surface area contributed by atoms with Gasteiger partial charge in [0, 0.05) is 11.6 Å². The minimum atomic E-state index is -0.156. The lowest BCUT2D eigenvalue weighted by atomic mass is 9.84. The number of carbonyl (C=O) groups excluding carboxylic acids is 1. The Bertz CT molecular complexity index is 454. The maximum absolute atomic E-state index is 12.3. The molecule has 0 heterocycles. The van der Waals surface area contributed by atoms with E-state index >= 15 is 0 Å². The summed E-state index contributed by atoms with van der Waals surface area (Å²) in [7, 11) is 0. The van der Waals surface area contributed by atoms with E-state index in [0.717, 1.165) is 12.0 Å². The second kappa shape index (κ2) is 7.09. The van der Waals surface area contributed by atoms with Gasteiger partial charge < -0.3 is 11.1 Å². The Balaban J connectivity index is 2.68. The van der Waals surface area contributed by atoms with Gasteiger partial charge in [0.2, 0.25) is 5.91 Å². The average Bonchev–Trinajstić information content (AvgIpc) is 2.34. The van der Waals surface area contributed by atoms with E-state index in [1.54, 1.807) is 0 Å². The highest BCUT2D eigenvalue weighted by atomic mass is 35.5. The van der Waals surface area contributed by atoms with Crippen molar-refractivity contribution in [2.45, 2.75) is 40.2 Å². The largest absolute Gasteiger partial charge is 0.349 e. The summed E-state index contributed by atoms with van der Waals surface area (Å²) in [5.41, 5.74) is 6.82. The number of rotatable bonds is 5. The molecule has 112 valence electrons. The smallest absolute Gasteiger partial charge is 0.224 e. The SMILES string of the molecule is C[C@@H](NC(=O)C(CN)CC(C)(C)C)c1cccc(Cl)c1. The average molecular weight is 297 g/mol. The van der Waals surface area contributed by atoms with Crippen molar-refractivity contribution in [2.24, 2.45) is 17.1 Å². The molecule has 2 atom stereocenters. The summed E-state index contributed by atoms with van der Waals surface area (Å²) in [5.74, 6) is -0.147. The van der Waals surface area contributed by atoms with E-state index in [4.69, 9.17) is 17.3 Å². The summed E-state index contributed by atoms with van der Waals surface area (Å²) in [4.78, 5) is 12.3. The van der Waals surface area contributed by atoms with E-state index in [2.05, 4.69) is 26.1 Å². The highest BCUT2D eigenvalue weighted by molar-refractivity contribution is 6.30. The number of hydrogen-bond acceptors (Lipinski definition) is 2. The molecule has 1 unspecified atom stereocenters. The Labute approximate surface area is 126 Å². The van der Waals surface area contributed by atoms with Crippen molar-refractivity contribution in [1.29, 1.82) is 0 Å². The summed E-state index contributed by atoms with van der Waals surface area (Å²) in [5, 5.41) is 3.69. The molecule has 0 bridgehead atoms. The predicted molar refractivity (Wildman–Crippen MR) is 84.6 cm³/mol. The molecule has 1 amide bonds. The topological polar surface area (TPSA) is 55.1 Å². The fourth-order valence-electron chi connectivity index (χ4n) is 2.21. The molecule has 0 radical (unpaired) electrons. The normalized spacial score (nSPS) is 14.7. The van der Waals surface area contributed by atoms with Crippen LogP contribution in [0.25, 0.3) is 0 Å². The first-order chi connectivity index (χ1) is 9.23. The molecule has 0 aliphatic rings. The van der Waals surface area contributed by atoms with E-state index in [0.29, 0.717) is 11.6 Å². The number of amides is 1. The predicted octanol–water partition coefficient (Wildman–Crippen LogP) is 3.53. The van der Waals surface area contributed by atoms with Gasteiger partial charge in [0.25, 0.3) is 0 Å². The molecule has 3 N–H and O–H groups in total. The van der Waals surface area contributed by atoms with Crippen molar-refractivity contribution >= 4 is 17.5 Å². The first-order valence-electron chi connectivity index (χ1n) is 6.99. The van der Waals surface area contributed by atoms with Crippen LogP contribution in [0, 0.1) is 11.3 Å². The number of nitrogens with one attached hydrogen (secondary N) is 1. The molecule has 0 fully saturated rings. The first kappa shape index (κ1) is 17.0. The second-order valence-electron chi connectivity index (χ2n) is 6.48. The summed E-state index contributed by atoms with van der Waals surface area (Å²) in [6, 6.07) is 7.46. The molecule has 3 nitrogen and oxygen atoms in total. The Hall–Kier alpha value is -1.06. The van der Waals surface area contributed by atoms with Crippen molar-refractivity contribution in [3.8, 4) is 0 Å². The number of benzene rings is 1. The lowest BCUT2D eigenvalue weighted by molar-refractivity contribution is -0.126. The van der Waals surface area contributed by atoms with E-state index in [9.17, 15) is 4.79 Å². The quantitative estimate of drug-likeness (QED) is 0.873. The van der Waals surface area contributed by atoms with Crippen LogP contribution in [0.2, 0.25) is 5.02 Å². The van der Waals surface area contributed by atoms with Gasteiger partial charge in [-0.05, 0) is 36.5 Å². The van der Waals surface area contributed by atoms with Gasteiger partial charge in [-0.3, -0.25) is 4.79 Å². The second-order valence-corrected chi connectivity index (χ2v) is 6.92. The van der Waals surface area contributed by atoms with Crippen LogP contribution in [0.5, 0.6) is 0 Å². The Morgan fingerprint density at radius 2 is 2.05 bits per heavy atom. The summed E-state index contributed by atoms with van der Waals surface area (Å²) in [6.45, 7) is 8.66. The van der Waals surface area contributed by atoms with Gasteiger partial charge in [0.1, 0.15) is 0 Å². The third-order valence-corrected chi connectivity index (χ3v) is 3.46. The molecule has 0 aliphatic heterocycles. The van der Waals surface area contributed by atoms with Crippen LogP contribution in [0.15, 0.2) is 24.3 Å². The third-order valence-electron chi connectivity index (χ3n) is 3.22. The molecular formula is C16H25ClN2O. The van der Waals surface area contributed by atoms with Crippen LogP contribution in [0.3, 0.4) is 0 Å². The van der Waals surface area contributed by atoms with Crippen molar-refractivity contribution in [2.75, 3.05) is 6.54 Å². The number of hydrogen-bond donors (Lipinski definition) is 2. The minimum absolute atomic E-state index is 0.00917. The van der Waals surface area contributed by atoms with Crippen LogP contribution < -0.4 is 11.1 Å². The minimum Gasteiger partial charge on any atom is -0.349 e. The van der Waals surface area contributed by atoms with Crippen LogP contribution >= 0.6 is 11.6 Å². The Morgan fingerprint density at radius 3 is 2.55 bits per heavy atom. The fraction of sp³-hybridized carbons (Fsp3) is 0.562. The molecule has 1 aromatic rings. The number of nitrogens with two attached hydrogens (primary N) is 1. The zero-order chi connectivity index (χ0) is 15.3. The van der Waals surface area contributed by atoms with Gasteiger partial charge in [0.15, 0.2) is 0 Å². The maximum atomic E-state index is 12.3. The van der Waals surface area contributed by atoms with Crippen molar-refractivity contribution in [3.05, 3.63) is 34.9 Å². The Kier molecular flexibility index (Phi) is 6.03. The lowest BCUT2D eigenvalue weighted by Crippen LogP contribution is -2.38. The van der Waals surface area contributed by atoms with Crippen LogP contribution in [-0.2, 0) is 4.79 Å². The molecule has 1 rings (SSSR count). The number of halogens is 1. The van der Waals surface area contributed by atoms with E-state index < -0.39 is 0 Å². The standard InChI is InChI=1S/C16H25ClN2O/c1-11(12-6-5-7-14(17)8-12)19-15(20)13(10-18)9-16(2,3)4/h5-8,11,13H,9-10,18H2,1-4H3,(H,19,20)/t11-,13?/m1/s1. The fourth-order valence-corrected chi connectivity index (χ4v) is 2.41. The van der Waals surface area contributed by atoms with E-state index in [1.807, 2.05) is 31.2 Å². The summed E-state index contributed by atoms with van der Waals surface area (Å²) in [6.07, 6.45) is 0.775. The van der Waals surface area contributed by atoms with Crippen molar-refractivity contribution in [1.82, 2.24) is 5.32 Å². The van der Waals surface area contributed by atoms with Crippen molar-refractivity contribution < 1.29 is 4.79 Å². The van der Waals surface area contributed by atoms with Gasteiger partial charge >= 0.3 is 0 Å². The molecule has 1 aromatic carbocycles. The van der Waals surface area contributed by atoms with Crippen LogP contribution in [-0.4, -0.2) is 12.5 Å². The Morgan fingerprint density at radius 1 is 1.40 bits per heavy atom. The number of carbonyl (C=O) groups is 1. The van der Waals surface area contributed by atoms with Crippen LogP contribution in [0.1, 0.15) is 45.7 Å². The molecule has 4 heteroatoms. The van der Waals surface area contributed by atoms with Gasteiger partial charge in [-0.1, -0.05) is 44.5 Å². The highest BCUT2D eigenvalue weighted by Gasteiger charge is 2.24. The van der Waals surface area contributed by atoms with Crippen molar-refractivity contribution in [3.63, 3.8) is 0 Å². The molecular weight excluding hydrogens is 272 g/mol. The van der Waals surface area contributed by atoms with E-state index in [1.165, 1.54) is 0 Å². The molecule has 0 saturated carbocycles. The summed E-state index contributed by atoms with van der Waals surface area (Å²) < 4.78 is 0. The maximum Gasteiger partial charge on any atom is 0.224 e. The molecule has 0 saturated heterocycles. The molecule has 0 aromatic heterocycles. The third kappa shape index (κ3) is 5.51. The molecule has 0 aliphatic carbocycles. The monoisotopic (exact) mass is 296 g/mol. The summed E-state index contributed by atoms with van der Waals surface area (Å²) >= 11 is 5.97. The first-order valence-corrected chi connectivity index (χ1v) is 7.36. The zero-order valence-electron chi connectivity index (χ0n) is 12.7. The highest BCUT2D eigenvalue weighted by Crippen LogP contribution is 2.25. The van der Waals surface area contributed by atoms with Gasteiger partial charge in [-0.25, -0.2) is 0 Å². The lowest BCUT2D eigenvalue weighted by Gasteiger charge is -2.26. The molecule has 20 heavy (non-hydrogen) atoms. The van der Waals surface area contributed by atoms with Gasteiger partial charge in [-0.2, -0.15) is 0 Å². The van der Waals surface area contributed by atoms with Crippen LogP contribution in [0.4, 0.5) is 0 Å². The molecule has 0 spiro atoms. The van der Waals surface area contributed by atoms with Gasteiger partial charge in [0.05, 0.1) is 12.0 Å². The van der Waals surface area contributed by atoms with Gasteiger partial charge in [-0.15, -0.1) is 0 Å². The zero-order valence-corrected chi connectivity index (χ0v) is 13.5.